The molecule has 6 rings (SSSR count). The van der Waals surface area contributed by atoms with Crippen LogP contribution in [-0.2, 0) is 6.54 Å². The number of piperidine rings is 1. The second-order valence-corrected chi connectivity index (χ2v) is 9.07. The number of nitrogens with zero attached hydrogens (tertiary/aromatic N) is 7. The van der Waals surface area contributed by atoms with Crippen LogP contribution in [0.5, 0.6) is 5.88 Å². The maximum absolute atomic E-state index is 13.4. The second-order valence-electron chi connectivity index (χ2n) is 9.07. The zero-order chi connectivity index (χ0) is 22.4. The third-order valence-electron chi connectivity index (χ3n) is 7.11. The molecule has 9 nitrogen and oxygen atoms in total. The highest BCUT2D eigenvalue weighted by molar-refractivity contribution is 5.59. The fourth-order valence-electron chi connectivity index (χ4n) is 5.52. The highest BCUT2D eigenvalue weighted by Gasteiger charge is 2.43. The molecule has 0 radical (unpaired) electrons. The molecule has 1 aliphatic carbocycles. The summed E-state index contributed by atoms with van der Waals surface area (Å²) in [5.74, 6) is 2.82. The van der Waals surface area contributed by atoms with E-state index in [9.17, 15) is 4.39 Å². The van der Waals surface area contributed by atoms with E-state index in [2.05, 4.69) is 25.3 Å². The smallest absolute Gasteiger partial charge is 0.244 e. The number of rotatable bonds is 5. The van der Waals surface area contributed by atoms with Crippen LogP contribution >= 0.6 is 0 Å². The Labute approximate surface area is 191 Å². The normalized spacial score (nSPS) is 24.0. The highest BCUT2D eigenvalue weighted by atomic mass is 19.1. The van der Waals surface area contributed by atoms with E-state index < -0.39 is 0 Å². The number of fused-ring (bicyclic) bond motifs is 3. The van der Waals surface area contributed by atoms with Crippen molar-refractivity contribution in [3.05, 3.63) is 42.3 Å². The Kier molecular flexibility index (Phi) is 5.00. The van der Waals surface area contributed by atoms with Crippen LogP contribution in [0.15, 0.2) is 36.5 Å². The molecule has 1 N–H and O–H groups in total. The monoisotopic (exact) mass is 450 g/mol. The lowest BCUT2D eigenvalue weighted by atomic mass is 9.92. The Morgan fingerprint density at radius 3 is 2.61 bits per heavy atom. The molecule has 172 valence electrons. The van der Waals surface area contributed by atoms with Crippen LogP contribution in [0.4, 0.5) is 27.7 Å². The molecule has 2 bridgehead atoms. The molecule has 1 saturated carbocycles. The van der Waals surface area contributed by atoms with Crippen molar-refractivity contribution in [3.63, 3.8) is 0 Å². The van der Waals surface area contributed by atoms with Crippen LogP contribution in [0.1, 0.15) is 19.3 Å². The van der Waals surface area contributed by atoms with Crippen molar-refractivity contribution in [3.8, 4) is 5.88 Å². The summed E-state index contributed by atoms with van der Waals surface area (Å²) in [4.78, 5) is 9.35. The molecule has 0 unspecified atom stereocenters. The Morgan fingerprint density at radius 1 is 1.06 bits per heavy atom. The molecule has 33 heavy (non-hydrogen) atoms. The average Bonchev–Trinajstić information content (AvgIpc) is 3.35. The van der Waals surface area contributed by atoms with Crippen molar-refractivity contribution in [2.75, 3.05) is 41.9 Å². The van der Waals surface area contributed by atoms with Gasteiger partial charge in [0.05, 0.1) is 19.0 Å². The molecule has 4 heterocycles. The van der Waals surface area contributed by atoms with E-state index >= 15 is 0 Å². The lowest BCUT2D eigenvalue weighted by molar-refractivity contribution is 0.372. The molecule has 2 fully saturated rings. The minimum absolute atomic E-state index is 0.234. The molecule has 2 aromatic heterocycles. The molecule has 1 saturated heterocycles. The van der Waals surface area contributed by atoms with Gasteiger partial charge in [-0.1, -0.05) is 0 Å². The number of hydrogen-bond acceptors (Lipinski definition) is 8. The van der Waals surface area contributed by atoms with E-state index in [0.29, 0.717) is 29.7 Å². The van der Waals surface area contributed by atoms with Gasteiger partial charge in [-0.05, 0) is 55.4 Å². The van der Waals surface area contributed by atoms with Gasteiger partial charge in [-0.25, -0.2) is 9.07 Å². The van der Waals surface area contributed by atoms with Crippen molar-refractivity contribution in [2.45, 2.75) is 31.8 Å². The maximum Gasteiger partial charge on any atom is 0.244 e. The molecule has 1 aromatic carbocycles. The standard InChI is InChI=1S/C23H27FN8O/c1-33-20-11-19(12-25-28-20)30-13-15-3-4-16(14-30)21(15)26-22-27-23-31(9-2-10-32(23)29-22)18-7-5-17(24)6-8-18/h5-8,11-12,15-16,21H,2-4,9-10,13-14H2,1H3,(H,26,29)/t15-,16-/m1/s1. The van der Waals surface area contributed by atoms with Crippen molar-refractivity contribution in [1.29, 1.82) is 0 Å². The third kappa shape index (κ3) is 3.73. The number of methoxy groups -OCH3 is 1. The number of nitrogens with one attached hydrogen (secondary N) is 1. The summed E-state index contributed by atoms with van der Waals surface area (Å²) in [5.41, 5.74) is 1.99. The van der Waals surface area contributed by atoms with Crippen LogP contribution in [0.25, 0.3) is 0 Å². The van der Waals surface area contributed by atoms with Crippen molar-refractivity contribution in [1.82, 2.24) is 25.0 Å². The summed E-state index contributed by atoms with van der Waals surface area (Å²) in [5, 5.41) is 16.5. The first-order valence-electron chi connectivity index (χ1n) is 11.5. The molecular formula is C23H27FN8O. The van der Waals surface area contributed by atoms with Crippen LogP contribution in [-0.4, -0.2) is 57.7 Å². The molecule has 3 aliphatic rings. The van der Waals surface area contributed by atoms with Gasteiger partial charge in [0.25, 0.3) is 0 Å². The quantitative estimate of drug-likeness (QED) is 0.635. The first-order chi connectivity index (χ1) is 16.2. The number of aryl methyl sites for hydroxylation is 1. The van der Waals surface area contributed by atoms with Gasteiger partial charge >= 0.3 is 0 Å². The van der Waals surface area contributed by atoms with Crippen molar-refractivity contribution < 1.29 is 9.13 Å². The Balaban J connectivity index is 1.19. The fraction of sp³-hybridized carbons (Fsp3) is 0.478. The molecule has 0 spiro atoms. The maximum atomic E-state index is 13.4. The van der Waals surface area contributed by atoms with Gasteiger partial charge in [0.15, 0.2) is 0 Å². The van der Waals surface area contributed by atoms with Crippen LogP contribution < -0.4 is 19.9 Å². The number of aromatic nitrogens is 5. The largest absolute Gasteiger partial charge is 0.480 e. The van der Waals surface area contributed by atoms with Gasteiger partial charge in [0.2, 0.25) is 17.8 Å². The zero-order valence-electron chi connectivity index (χ0n) is 18.6. The number of benzene rings is 1. The van der Waals surface area contributed by atoms with E-state index in [4.69, 9.17) is 14.8 Å². The summed E-state index contributed by atoms with van der Waals surface area (Å²) < 4.78 is 20.6. The third-order valence-corrected chi connectivity index (χ3v) is 7.11. The van der Waals surface area contributed by atoms with Gasteiger partial charge < -0.3 is 19.9 Å². The lowest BCUT2D eigenvalue weighted by Crippen LogP contribution is -2.48. The van der Waals surface area contributed by atoms with Crippen LogP contribution in [0, 0.1) is 17.7 Å². The molecular weight excluding hydrogens is 423 g/mol. The van der Waals surface area contributed by atoms with Crippen molar-refractivity contribution >= 4 is 23.3 Å². The van der Waals surface area contributed by atoms with E-state index in [1.54, 1.807) is 19.2 Å². The summed E-state index contributed by atoms with van der Waals surface area (Å²) >= 11 is 0. The van der Waals surface area contributed by atoms with Crippen LogP contribution in [0.3, 0.4) is 0 Å². The molecule has 0 amide bonds. The van der Waals surface area contributed by atoms with Crippen molar-refractivity contribution in [2.24, 2.45) is 11.8 Å². The summed E-state index contributed by atoms with van der Waals surface area (Å²) in [6, 6.07) is 8.88. The SMILES string of the molecule is COc1cc(N2C[C@H]3CC[C@H](C2)C3Nc2nc3n(n2)CCCN3c2ccc(F)cc2)cnn1. The predicted molar refractivity (Wildman–Crippen MR) is 122 cm³/mol. The Morgan fingerprint density at radius 2 is 1.85 bits per heavy atom. The first kappa shape index (κ1) is 20.2. The molecule has 2 atom stereocenters. The molecule has 10 heteroatoms. The Bertz CT molecular complexity index is 1120. The van der Waals surface area contributed by atoms with Gasteiger partial charge in [-0.3, -0.25) is 0 Å². The van der Waals surface area contributed by atoms with E-state index in [1.165, 1.54) is 25.0 Å². The number of ether oxygens (including phenoxy) is 1. The number of anilines is 4. The van der Waals surface area contributed by atoms with Crippen LogP contribution in [0.2, 0.25) is 0 Å². The average molecular weight is 451 g/mol. The minimum Gasteiger partial charge on any atom is -0.480 e. The molecule has 2 aliphatic heterocycles. The summed E-state index contributed by atoms with van der Waals surface area (Å²) in [6.45, 7) is 3.59. The first-order valence-corrected chi connectivity index (χ1v) is 11.5. The predicted octanol–water partition coefficient (Wildman–Crippen LogP) is 3.08. The van der Waals surface area contributed by atoms with E-state index in [0.717, 1.165) is 49.9 Å². The van der Waals surface area contributed by atoms with E-state index in [1.807, 2.05) is 16.9 Å². The van der Waals surface area contributed by atoms with Gasteiger partial charge in [0.1, 0.15) is 5.82 Å². The topological polar surface area (TPSA) is 84.2 Å². The summed E-state index contributed by atoms with van der Waals surface area (Å²) in [7, 11) is 1.61. The number of hydrogen-bond donors (Lipinski definition) is 1. The summed E-state index contributed by atoms with van der Waals surface area (Å²) in [6.07, 6.45) is 5.15. The minimum atomic E-state index is -0.234. The zero-order valence-corrected chi connectivity index (χ0v) is 18.6. The lowest BCUT2D eigenvalue weighted by Gasteiger charge is -2.39. The highest BCUT2D eigenvalue weighted by Crippen LogP contribution is 2.40. The van der Waals surface area contributed by atoms with E-state index in [-0.39, 0.29) is 5.82 Å². The number of halogens is 1. The van der Waals surface area contributed by atoms with Gasteiger partial charge in [-0.2, -0.15) is 10.1 Å². The van der Waals surface area contributed by atoms with Gasteiger partial charge in [0, 0.05) is 44.0 Å². The van der Waals surface area contributed by atoms with Gasteiger partial charge in [-0.15, -0.1) is 10.2 Å². The second kappa shape index (κ2) is 8.17. The Hall–Kier alpha value is -3.43. The molecule has 3 aromatic rings. The fourth-order valence-corrected chi connectivity index (χ4v) is 5.52.